The first kappa shape index (κ1) is 12.5. The maximum absolute atomic E-state index is 13.3. The fraction of sp³-hybridized carbons (Fsp3) is 0. The van der Waals surface area contributed by atoms with E-state index in [0.717, 1.165) is 0 Å². The van der Waals surface area contributed by atoms with Crippen LogP contribution >= 0.6 is 0 Å². The molecule has 0 nitrogen and oxygen atoms in total. The summed E-state index contributed by atoms with van der Waals surface area (Å²) >= 11 is 0. The van der Waals surface area contributed by atoms with Crippen LogP contribution in [0.15, 0.2) is 18.2 Å². The molecule has 0 aliphatic carbocycles. The first-order valence-corrected chi connectivity index (χ1v) is 4.62. The summed E-state index contributed by atoms with van der Waals surface area (Å²) in [6, 6.07) is 2.50. The maximum atomic E-state index is 13.3. The summed E-state index contributed by atoms with van der Waals surface area (Å²) in [5.74, 6) is -9.09. The Bertz CT molecular complexity index is 597. The normalized spacial score (nSPS) is 10.8. The van der Waals surface area contributed by atoms with E-state index in [1.807, 2.05) is 0 Å². The molecule has 0 unspecified atom stereocenters. The van der Waals surface area contributed by atoms with Crippen LogP contribution in [0, 0.1) is 41.0 Å². The third kappa shape index (κ3) is 1.94. The minimum absolute atomic E-state index is 0.238. The van der Waals surface area contributed by atoms with Crippen molar-refractivity contribution in [3.63, 3.8) is 0 Å². The molecule has 2 aromatic carbocycles. The molecule has 0 amide bonds. The lowest BCUT2D eigenvalue weighted by molar-refractivity contribution is 0.493. The Balaban J connectivity index is 2.81. The van der Waals surface area contributed by atoms with Gasteiger partial charge in [-0.1, -0.05) is 0 Å². The molecular formula is C12H3F6. The van der Waals surface area contributed by atoms with Gasteiger partial charge in [0.2, 0.25) is 0 Å². The monoisotopic (exact) mass is 261 g/mol. The van der Waals surface area contributed by atoms with Gasteiger partial charge in [-0.3, -0.25) is 0 Å². The van der Waals surface area contributed by atoms with Gasteiger partial charge in [0.05, 0.1) is 11.1 Å². The van der Waals surface area contributed by atoms with Gasteiger partial charge in [-0.15, -0.1) is 0 Å². The van der Waals surface area contributed by atoms with E-state index in [0.29, 0.717) is 6.07 Å². The van der Waals surface area contributed by atoms with Gasteiger partial charge in [0.1, 0.15) is 23.3 Å². The largest absolute Gasteiger partial charge is 0.207 e. The van der Waals surface area contributed by atoms with Crippen molar-refractivity contribution >= 4 is 0 Å². The van der Waals surface area contributed by atoms with Crippen molar-refractivity contribution in [3.05, 3.63) is 59.2 Å². The minimum atomic E-state index is -1.77. The summed E-state index contributed by atoms with van der Waals surface area (Å²) in [6.07, 6.45) is 0. The van der Waals surface area contributed by atoms with Crippen LogP contribution in [-0.4, -0.2) is 0 Å². The second kappa shape index (κ2) is 4.36. The summed E-state index contributed by atoms with van der Waals surface area (Å²) < 4.78 is 78.9. The first-order chi connectivity index (χ1) is 8.41. The Hall–Kier alpha value is -1.98. The molecule has 93 valence electrons. The number of hydrogen-bond acceptors (Lipinski definition) is 0. The van der Waals surface area contributed by atoms with E-state index >= 15 is 0 Å². The van der Waals surface area contributed by atoms with Crippen LogP contribution in [-0.2, 0) is 0 Å². The molecule has 0 aromatic heterocycles. The number of rotatable bonds is 1. The molecular weight excluding hydrogens is 258 g/mol. The highest BCUT2D eigenvalue weighted by Crippen LogP contribution is 2.32. The lowest BCUT2D eigenvalue weighted by Gasteiger charge is -2.08. The molecule has 0 N–H and O–H groups in total. The fourth-order valence-corrected chi connectivity index (χ4v) is 1.48. The van der Waals surface area contributed by atoms with Crippen molar-refractivity contribution in [1.82, 2.24) is 0 Å². The SMILES string of the molecule is Fc1cc(F)c(-c2c(F)[c]cc(F)c2F)c(F)c1. The summed E-state index contributed by atoms with van der Waals surface area (Å²) in [7, 11) is 0. The summed E-state index contributed by atoms with van der Waals surface area (Å²) in [5, 5.41) is 0. The standard InChI is InChI=1S/C12H3F6/c13-5-3-8(16)10(9(17)4-5)11-6(14)1-2-7(15)12(11)18/h2-4H. The van der Waals surface area contributed by atoms with E-state index in [-0.39, 0.29) is 12.1 Å². The molecule has 2 aromatic rings. The predicted molar refractivity (Wildman–Crippen MR) is 50.5 cm³/mol. The van der Waals surface area contributed by atoms with E-state index in [1.54, 1.807) is 6.07 Å². The zero-order valence-corrected chi connectivity index (χ0v) is 8.50. The molecule has 0 spiro atoms. The molecule has 0 heterocycles. The van der Waals surface area contributed by atoms with Crippen LogP contribution in [0.1, 0.15) is 0 Å². The third-order valence-corrected chi connectivity index (χ3v) is 2.23. The predicted octanol–water partition coefficient (Wildman–Crippen LogP) is 3.99. The van der Waals surface area contributed by atoms with Crippen molar-refractivity contribution in [3.8, 4) is 11.1 Å². The Labute approximate surface area is 97.5 Å². The molecule has 0 atom stereocenters. The van der Waals surface area contributed by atoms with Crippen molar-refractivity contribution in [2.24, 2.45) is 0 Å². The molecule has 0 aliphatic heterocycles. The molecule has 0 aliphatic rings. The van der Waals surface area contributed by atoms with E-state index in [4.69, 9.17) is 0 Å². The van der Waals surface area contributed by atoms with Crippen molar-refractivity contribution in [1.29, 1.82) is 0 Å². The average Bonchev–Trinajstić information content (AvgIpc) is 2.27. The lowest BCUT2D eigenvalue weighted by atomic mass is 10.0. The molecule has 2 rings (SSSR count). The number of halogens is 6. The molecule has 0 saturated heterocycles. The van der Waals surface area contributed by atoms with Gasteiger partial charge >= 0.3 is 0 Å². The first-order valence-electron chi connectivity index (χ1n) is 4.62. The Morgan fingerprint density at radius 3 is 1.83 bits per heavy atom. The van der Waals surface area contributed by atoms with E-state index < -0.39 is 46.0 Å². The summed E-state index contributed by atoms with van der Waals surface area (Å²) in [4.78, 5) is 0. The van der Waals surface area contributed by atoms with Gasteiger partial charge in [-0.25, -0.2) is 26.3 Å². The van der Waals surface area contributed by atoms with Gasteiger partial charge in [-0.2, -0.15) is 0 Å². The van der Waals surface area contributed by atoms with Crippen LogP contribution in [0.4, 0.5) is 26.3 Å². The van der Waals surface area contributed by atoms with Gasteiger partial charge in [0, 0.05) is 18.2 Å². The molecule has 1 radical (unpaired) electrons. The van der Waals surface area contributed by atoms with E-state index in [9.17, 15) is 26.3 Å². The molecule has 0 fully saturated rings. The number of hydrogen-bond donors (Lipinski definition) is 0. The van der Waals surface area contributed by atoms with Gasteiger partial charge < -0.3 is 0 Å². The average molecular weight is 261 g/mol. The van der Waals surface area contributed by atoms with Crippen LogP contribution < -0.4 is 0 Å². The van der Waals surface area contributed by atoms with Crippen LogP contribution in [0.5, 0.6) is 0 Å². The van der Waals surface area contributed by atoms with Crippen molar-refractivity contribution in [2.75, 3.05) is 0 Å². The zero-order valence-electron chi connectivity index (χ0n) is 8.50. The molecule has 6 heteroatoms. The fourth-order valence-electron chi connectivity index (χ4n) is 1.48. The van der Waals surface area contributed by atoms with Gasteiger partial charge in [-0.05, 0) is 6.07 Å². The Morgan fingerprint density at radius 2 is 1.28 bits per heavy atom. The topological polar surface area (TPSA) is 0 Å². The quantitative estimate of drug-likeness (QED) is 0.538. The second-order valence-corrected chi connectivity index (χ2v) is 3.38. The third-order valence-electron chi connectivity index (χ3n) is 2.23. The van der Waals surface area contributed by atoms with Crippen LogP contribution in [0.2, 0.25) is 0 Å². The van der Waals surface area contributed by atoms with Crippen LogP contribution in [0.25, 0.3) is 11.1 Å². The number of benzene rings is 2. The Kier molecular flexibility index (Phi) is 3.02. The Morgan fingerprint density at radius 1 is 0.722 bits per heavy atom. The maximum Gasteiger partial charge on any atom is 0.169 e. The highest BCUT2D eigenvalue weighted by Gasteiger charge is 2.23. The van der Waals surface area contributed by atoms with Gasteiger partial charge in [0.15, 0.2) is 11.6 Å². The van der Waals surface area contributed by atoms with E-state index in [2.05, 4.69) is 0 Å². The second-order valence-electron chi connectivity index (χ2n) is 3.38. The molecule has 18 heavy (non-hydrogen) atoms. The van der Waals surface area contributed by atoms with Crippen molar-refractivity contribution < 1.29 is 26.3 Å². The summed E-state index contributed by atoms with van der Waals surface area (Å²) in [6.45, 7) is 0. The summed E-state index contributed by atoms with van der Waals surface area (Å²) in [5.41, 5.74) is -2.44. The van der Waals surface area contributed by atoms with Crippen molar-refractivity contribution in [2.45, 2.75) is 0 Å². The van der Waals surface area contributed by atoms with Gasteiger partial charge in [0.25, 0.3) is 0 Å². The van der Waals surface area contributed by atoms with Crippen LogP contribution in [0.3, 0.4) is 0 Å². The lowest BCUT2D eigenvalue weighted by Crippen LogP contribution is -2.00. The molecule has 0 bridgehead atoms. The smallest absolute Gasteiger partial charge is 0.169 e. The highest BCUT2D eigenvalue weighted by atomic mass is 19.2. The highest BCUT2D eigenvalue weighted by molar-refractivity contribution is 5.66. The van der Waals surface area contributed by atoms with E-state index in [1.165, 1.54) is 0 Å². The minimum Gasteiger partial charge on any atom is -0.207 e. The zero-order chi connectivity index (χ0) is 13.4. The molecule has 0 saturated carbocycles.